The molecule has 0 radical (unpaired) electrons. The fourth-order valence-corrected chi connectivity index (χ4v) is 5.50. The van der Waals surface area contributed by atoms with Crippen LogP contribution in [-0.2, 0) is 14.8 Å². The van der Waals surface area contributed by atoms with E-state index in [0.29, 0.717) is 16.8 Å². The highest BCUT2D eigenvalue weighted by Crippen LogP contribution is 2.46. The fraction of sp³-hybridized carbons (Fsp3) is 0.192. The summed E-state index contributed by atoms with van der Waals surface area (Å²) in [6, 6.07) is 19.3. The molecule has 0 saturated carbocycles. The van der Waals surface area contributed by atoms with Gasteiger partial charge in [0.15, 0.2) is 0 Å². The quantitative estimate of drug-likeness (QED) is 0.560. The zero-order valence-corrected chi connectivity index (χ0v) is 18.5. The molecular weight excluding hydrogens is 406 g/mol. The van der Waals surface area contributed by atoms with Crippen molar-refractivity contribution in [1.82, 2.24) is 0 Å². The monoisotopic (exact) mass is 429 g/mol. The smallest absolute Gasteiger partial charge is 0.270 e. The van der Waals surface area contributed by atoms with Gasteiger partial charge in [-0.05, 0) is 50.1 Å². The number of hydrogen-bond acceptors (Lipinski definition) is 3. The average Bonchev–Trinajstić information content (AvgIpc) is 2.74. The summed E-state index contributed by atoms with van der Waals surface area (Å²) < 4.78 is 28.2. The molecule has 3 aromatic rings. The third-order valence-electron chi connectivity index (χ3n) is 5.71. The summed E-state index contributed by atoms with van der Waals surface area (Å²) in [6.45, 7) is 5.76. The molecule has 1 aliphatic heterocycles. The molecule has 0 aromatic heterocycles. The molecule has 4 rings (SSSR count). The molecule has 1 amide bonds. The van der Waals surface area contributed by atoms with E-state index in [1.165, 1.54) is 12.1 Å². The van der Waals surface area contributed by atoms with Crippen LogP contribution in [0.15, 0.2) is 71.6 Å². The Morgan fingerprint density at radius 2 is 1.39 bits per heavy atom. The second-order valence-electron chi connectivity index (χ2n) is 8.02. The lowest BCUT2D eigenvalue weighted by molar-refractivity contribution is -0.119. The number of benzene rings is 3. The topological polar surface area (TPSA) is 54.5 Å². The number of nitrogens with zero attached hydrogens (tertiary/aromatic N) is 1. The van der Waals surface area contributed by atoms with Crippen LogP contribution >= 0.6 is 0 Å². The standard InChI is InChI=1S/C26H23NO3S/c1-5-22-23-16-19(4)10-15-24(23)27(31(29,30)21-13-8-18(3)9-14-21)26(28)25(22)20-11-6-17(2)7-12-20/h1,6-16,22,25H,2-4H3/t22-,25+/m1/s1. The lowest BCUT2D eigenvalue weighted by Crippen LogP contribution is -2.45. The zero-order chi connectivity index (χ0) is 22.3. The summed E-state index contributed by atoms with van der Waals surface area (Å²) in [6.07, 6.45) is 5.90. The number of carbonyl (C=O) groups is 1. The van der Waals surface area contributed by atoms with Gasteiger partial charge in [-0.2, -0.15) is 0 Å². The third-order valence-corrected chi connectivity index (χ3v) is 7.44. The van der Waals surface area contributed by atoms with E-state index in [4.69, 9.17) is 6.42 Å². The number of rotatable bonds is 3. The second-order valence-corrected chi connectivity index (χ2v) is 9.80. The summed E-state index contributed by atoms with van der Waals surface area (Å²) >= 11 is 0. The lowest BCUT2D eigenvalue weighted by Gasteiger charge is -2.37. The van der Waals surface area contributed by atoms with Crippen LogP contribution in [0.5, 0.6) is 0 Å². The maximum Gasteiger partial charge on any atom is 0.270 e. The van der Waals surface area contributed by atoms with Crippen molar-refractivity contribution in [3.05, 3.63) is 94.5 Å². The van der Waals surface area contributed by atoms with Crippen molar-refractivity contribution in [3.8, 4) is 12.3 Å². The lowest BCUT2D eigenvalue weighted by atomic mass is 9.77. The Morgan fingerprint density at radius 1 is 0.839 bits per heavy atom. The van der Waals surface area contributed by atoms with E-state index in [2.05, 4.69) is 5.92 Å². The minimum atomic E-state index is -4.12. The highest BCUT2D eigenvalue weighted by molar-refractivity contribution is 7.93. The predicted molar refractivity (Wildman–Crippen MR) is 123 cm³/mol. The molecule has 2 atom stereocenters. The number of anilines is 1. The molecule has 1 aliphatic rings. The molecule has 0 aliphatic carbocycles. The molecule has 4 nitrogen and oxygen atoms in total. The summed E-state index contributed by atoms with van der Waals surface area (Å²) in [5.41, 5.74) is 4.62. The van der Waals surface area contributed by atoms with Crippen LogP contribution in [0.25, 0.3) is 0 Å². The Hall–Kier alpha value is -3.36. The molecule has 1 heterocycles. The molecule has 0 unspecified atom stereocenters. The Bertz CT molecular complexity index is 1300. The van der Waals surface area contributed by atoms with Crippen molar-refractivity contribution in [1.29, 1.82) is 0 Å². The number of sulfonamides is 1. The molecule has 0 bridgehead atoms. The number of amides is 1. The first-order valence-corrected chi connectivity index (χ1v) is 11.5. The molecule has 31 heavy (non-hydrogen) atoms. The summed E-state index contributed by atoms with van der Waals surface area (Å²) in [7, 11) is -4.12. The van der Waals surface area contributed by atoms with Gasteiger partial charge in [0.05, 0.1) is 22.4 Å². The fourth-order valence-electron chi connectivity index (χ4n) is 4.03. The van der Waals surface area contributed by atoms with Crippen molar-refractivity contribution in [2.24, 2.45) is 0 Å². The van der Waals surface area contributed by atoms with Gasteiger partial charge >= 0.3 is 0 Å². The minimum absolute atomic E-state index is 0.0692. The summed E-state index contributed by atoms with van der Waals surface area (Å²) in [5.74, 6) is 0.868. The SMILES string of the molecule is C#C[C@@H]1c2cc(C)ccc2N(S(=O)(=O)c2ccc(C)cc2)C(=O)[C@H]1c1ccc(C)cc1. The van der Waals surface area contributed by atoms with E-state index in [0.717, 1.165) is 21.0 Å². The van der Waals surface area contributed by atoms with Crippen molar-refractivity contribution in [2.75, 3.05) is 4.31 Å². The molecule has 3 aromatic carbocycles. The van der Waals surface area contributed by atoms with Gasteiger partial charge in [-0.15, -0.1) is 6.42 Å². The van der Waals surface area contributed by atoms with E-state index in [1.54, 1.807) is 24.3 Å². The average molecular weight is 430 g/mol. The van der Waals surface area contributed by atoms with Gasteiger partial charge in [0.1, 0.15) is 0 Å². The number of aryl methyl sites for hydroxylation is 3. The van der Waals surface area contributed by atoms with E-state index >= 15 is 0 Å². The number of carbonyl (C=O) groups excluding carboxylic acids is 1. The van der Waals surface area contributed by atoms with E-state index < -0.39 is 27.8 Å². The van der Waals surface area contributed by atoms with Gasteiger partial charge in [-0.25, -0.2) is 12.7 Å². The molecule has 156 valence electrons. The normalized spacial score (nSPS) is 18.4. The Morgan fingerprint density at radius 3 is 1.97 bits per heavy atom. The van der Waals surface area contributed by atoms with Crippen molar-refractivity contribution >= 4 is 21.6 Å². The van der Waals surface area contributed by atoms with Crippen LogP contribution in [0.3, 0.4) is 0 Å². The van der Waals surface area contributed by atoms with Crippen LogP contribution in [0.4, 0.5) is 5.69 Å². The molecule has 0 N–H and O–H groups in total. The van der Waals surface area contributed by atoms with Crippen LogP contribution in [0, 0.1) is 33.1 Å². The first-order valence-electron chi connectivity index (χ1n) is 10.0. The third kappa shape index (κ3) is 3.54. The maximum absolute atomic E-state index is 13.8. The molecule has 5 heteroatoms. The molecule has 0 saturated heterocycles. The van der Waals surface area contributed by atoms with Gasteiger partial charge in [0.2, 0.25) is 5.91 Å². The summed E-state index contributed by atoms with van der Waals surface area (Å²) in [4.78, 5) is 13.8. The van der Waals surface area contributed by atoms with Gasteiger partial charge in [-0.3, -0.25) is 4.79 Å². The predicted octanol–water partition coefficient (Wildman–Crippen LogP) is 4.85. The maximum atomic E-state index is 13.8. The van der Waals surface area contributed by atoms with Crippen LogP contribution in [-0.4, -0.2) is 14.3 Å². The zero-order valence-electron chi connectivity index (χ0n) is 17.7. The highest BCUT2D eigenvalue weighted by atomic mass is 32.2. The number of terminal acetylenes is 1. The van der Waals surface area contributed by atoms with Crippen molar-refractivity contribution < 1.29 is 13.2 Å². The molecule has 0 spiro atoms. The van der Waals surface area contributed by atoms with E-state index in [1.807, 2.05) is 51.1 Å². The van der Waals surface area contributed by atoms with Crippen LogP contribution in [0.2, 0.25) is 0 Å². The Kier molecular flexibility index (Phi) is 5.20. The first kappa shape index (κ1) is 20.9. The second kappa shape index (κ2) is 7.72. The largest absolute Gasteiger partial charge is 0.273 e. The Balaban J connectivity index is 1.96. The number of hydrogen-bond donors (Lipinski definition) is 0. The first-order chi connectivity index (χ1) is 14.7. The van der Waals surface area contributed by atoms with Crippen LogP contribution in [0.1, 0.15) is 39.7 Å². The minimum Gasteiger partial charge on any atom is -0.273 e. The molecular formula is C26H23NO3S. The van der Waals surface area contributed by atoms with E-state index in [9.17, 15) is 13.2 Å². The van der Waals surface area contributed by atoms with E-state index in [-0.39, 0.29) is 4.90 Å². The number of fused-ring (bicyclic) bond motifs is 1. The van der Waals surface area contributed by atoms with Gasteiger partial charge in [0.25, 0.3) is 10.0 Å². The van der Waals surface area contributed by atoms with Gasteiger partial charge < -0.3 is 0 Å². The summed E-state index contributed by atoms with van der Waals surface area (Å²) in [5, 5.41) is 0. The van der Waals surface area contributed by atoms with Crippen molar-refractivity contribution in [2.45, 2.75) is 37.5 Å². The van der Waals surface area contributed by atoms with Gasteiger partial charge in [-0.1, -0.05) is 71.1 Å². The highest BCUT2D eigenvalue weighted by Gasteiger charge is 2.45. The van der Waals surface area contributed by atoms with Crippen LogP contribution < -0.4 is 4.31 Å². The van der Waals surface area contributed by atoms with Crippen molar-refractivity contribution in [3.63, 3.8) is 0 Å². The molecule has 0 fully saturated rings. The Labute approximate surface area is 183 Å². The van der Waals surface area contributed by atoms with Gasteiger partial charge in [0, 0.05) is 0 Å².